The maximum Gasteiger partial charge on any atom is 0.272 e. The van der Waals surface area contributed by atoms with Crippen molar-refractivity contribution >= 4 is 11.8 Å². The largest absolute Gasteiger partial charge is 0.350 e. The van der Waals surface area contributed by atoms with E-state index in [0.29, 0.717) is 31.0 Å². The highest BCUT2D eigenvalue weighted by atomic mass is 16.2. The Kier molecular flexibility index (Phi) is 5.17. The van der Waals surface area contributed by atoms with Crippen LogP contribution in [0.2, 0.25) is 0 Å². The molecule has 1 saturated carbocycles. The van der Waals surface area contributed by atoms with Crippen LogP contribution in [0.25, 0.3) is 11.4 Å². The van der Waals surface area contributed by atoms with Crippen molar-refractivity contribution in [3.05, 3.63) is 90.5 Å². The van der Waals surface area contributed by atoms with E-state index in [1.165, 1.54) is 0 Å². The molecule has 2 amide bonds. The topological polar surface area (TPSA) is 97.9 Å². The first-order valence-corrected chi connectivity index (χ1v) is 11.8. The third-order valence-corrected chi connectivity index (χ3v) is 7.19. The summed E-state index contributed by atoms with van der Waals surface area (Å²) in [5, 5.41) is 16.2. The number of fused-ring (bicyclic) bond motifs is 1. The van der Waals surface area contributed by atoms with Gasteiger partial charge in [-0.05, 0) is 49.1 Å². The summed E-state index contributed by atoms with van der Waals surface area (Å²) in [5.74, 6) is 0.0492. The molecule has 0 spiro atoms. The fourth-order valence-corrected chi connectivity index (χ4v) is 5.18. The van der Waals surface area contributed by atoms with Crippen LogP contribution >= 0.6 is 0 Å². The van der Waals surface area contributed by atoms with E-state index in [0.717, 1.165) is 24.2 Å². The van der Waals surface area contributed by atoms with Gasteiger partial charge in [-0.3, -0.25) is 9.59 Å². The van der Waals surface area contributed by atoms with Crippen LogP contribution in [0.4, 0.5) is 0 Å². The van der Waals surface area contributed by atoms with Gasteiger partial charge in [-0.25, -0.2) is 4.68 Å². The molecule has 35 heavy (non-hydrogen) atoms. The maximum absolute atomic E-state index is 13.4. The van der Waals surface area contributed by atoms with Crippen molar-refractivity contribution in [1.82, 2.24) is 35.0 Å². The first-order chi connectivity index (χ1) is 17.1. The minimum absolute atomic E-state index is 0.0186. The van der Waals surface area contributed by atoms with Crippen molar-refractivity contribution in [1.29, 1.82) is 0 Å². The number of likely N-dealkylation sites (tertiary alicyclic amines) is 1. The fourth-order valence-electron chi connectivity index (χ4n) is 5.18. The summed E-state index contributed by atoms with van der Waals surface area (Å²) in [6.45, 7) is 1.30. The fraction of sp³-hybridized carbons (Fsp3) is 0.269. The third kappa shape index (κ3) is 3.69. The van der Waals surface area contributed by atoms with Crippen LogP contribution in [0.5, 0.6) is 0 Å². The van der Waals surface area contributed by atoms with Gasteiger partial charge >= 0.3 is 0 Å². The number of carbonyl (C=O) groups is 2. The van der Waals surface area contributed by atoms with Crippen LogP contribution in [0, 0.1) is 11.3 Å². The number of nitrogens with zero attached hydrogens (tertiary/aromatic N) is 6. The Morgan fingerprint density at radius 1 is 0.971 bits per heavy atom. The lowest BCUT2D eigenvalue weighted by atomic mass is 9.61. The monoisotopic (exact) mass is 467 g/mol. The van der Waals surface area contributed by atoms with Crippen LogP contribution in [0.15, 0.2) is 79.1 Å². The van der Waals surface area contributed by atoms with Gasteiger partial charge in [-0.15, -0.1) is 0 Å². The van der Waals surface area contributed by atoms with E-state index in [1.807, 2.05) is 60.7 Å². The average Bonchev–Trinajstić information content (AvgIpc) is 3.62. The Hall–Kier alpha value is -4.27. The number of aromatic nitrogens is 5. The first kappa shape index (κ1) is 21.3. The Bertz CT molecular complexity index is 1360. The molecule has 176 valence electrons. The van der Waals surface area contributed by atoms with E-state index >= 15 is 0 Å². The zero-order valence-corrected chi connectivity index (χ0v) is 19.1. The van der Waals surface area contributed by atoms with Crippen molar-refractivity contribution in [2.75, 3.05) is 13.1 Å². The predicted molar refractivity (Wildman–Crippen MR) is 128 cm³/mol. The molecule has 2 aliphatic rings. The summed E-state index contributed by atoms with van der Waals surface area (Å²) in [7, 11) is 0. The lowest BCUT2D eigenvalue weighted by Crippen LogP contribution is -2.52. The van der Waals surface area contributed by atoms with Gasteiger partial charge in [-0.1, -0.05) is 36.4 Å². The minimum atomic E-state index is -0.539. The van der Waals surface area contributed by atoms with Crippen molar-refractivity contribution in [2.45, 2.75) is 19.4 Å². The van der Waals surface area contributed by atoms with Crippen molar-refractivity contribution < 1.29 is 9.59 Å². The molecule has 9 heteroatoms. The van der Waals surface area contributed by atoms with Gasteiger partial charge in [0.25, 0.3) is 5.91 Å². The Balaban J connectivity index is 1.13. The Morgan fingerprint density at radius 3 is 2.43 bits per heavy atom. The van der Waals surface area contributed by atoms with Gasteiger partial charge in [0, 0.05) is 13.1 Å². The molecule has 2 atom stereocenters. The molecule has 6 rings (SSSR count). The molecule has 1 N–H and O–H groups in total. The molecule has 4 aromatic rings. The Morgan fingerprint density at radius 2 is 1.71 bits per heavy atom. The molecule has 2 unspecified atom stereocenters. The molecule has 0 radical (unpaired) electrons. The highest BCUT2D eigenvalue weighted by Crippen LogP contribution is 2.52. The number of carbonyl (C=O) groups excluding carboxylic acids is 2. The molecule has 2 fully saturated rings. The van der Waals surface area contributed by atoms with Crippen LogP contribution in [0.1, 0.15) is 29.0 Å². The van der Waals surface area contributed by atoms with Crippen LogP contribution in [-0.4, -0.2) is 54.6 Å². The van der Waals surface area contributed by atoms with E-state index in [2.05, 4.69) is 20.6 Å². The smallest absolute Gasteiger partial charge is 0.272 e. The lowest BCUT2D eigenvalue weighted by Gasteiger charge is -2.41. The number of benzene rings is 2. The minimum Gasteiger partial charge on any atom is -0.350 e. The SMILES string of the molecule is O=C(c1ccnn1-c1ccccc1)N1CC2CCC2(C(=O)NCc2cnn(-c3ccccc3)n2)C1. The normalized spacial score (nSPS) is 20.8. The van der Waals surface area contributed by atoms with E-state index in [1.54, 1.807) is 32.8 Å². The molecule has 2 aromatic carbocycles. The van der Waals surface area contributed by atoms with Gasteiger partial charge in [0.15, 0.2) is 0 Å². The molecule has 0 bridgehead atoms. The van der Waals surface area contributed by atoms with Gasteiger partial charge in [0.1, 0.15) is 11.4 Å². The van der Waals surface area contributed by atoms with Crippen LogP contribution < -0.4 is 5.32 Å². The summed E-state index contributed by atoms with van der Waals surface area (Å²) >= 11 is 0. The van der Waals surface area contributed by atoms with Crippen LogP contribution in [0.3, 0.4) is 0 Å². The van der Waals surface area contributed by atoms with Gasteiger partial charge in [-0.2, -0.15) is 20.1 Å². The molecule has 1 aliphatic carbocycles. The number of para-hydroxylation sites is 2. The molecule has 1 saturated heterocycles. The van der Waals surface area contributed by atoms with Gasteiger partial charge in [0.05, 0.1) is 35.7 Å². The third-order valence-electron chi connectivity index (χ3n) is 7.19. The number of hydrogen-bond acceptors (Lipinski definition) is 5. The maximum atomic E-state index is 13.4. The van der Waals surface area contributed by atoms with Gasteiger partial charge < -0.3 is 10.2 Å². The second-order valence-corrected chi connectivity index (χ2v) is 9.18. The summed E-state index contributed by atoms with van der Waals surface area (Å²) < 4.78 is 1.66. The average molecular weight is 468 g/mol. The summed E-state index contributed by atoms with van der Waals surface area (Å²) in [6.07, 6.45) is 5.02. The lowest BCUT2D eigenvalue weighted by molar-refractivity contribution is -0.138. The van der Waals surface area contributed by atoms with Crippen LogP contribution in [-0.2, 0) is 11.3 Å². The van der Waals surface area contributed by atoms with E-state index in [9.17, 15) is 9.59 Å². The van der Waals surface area contributed by atoms with Crippen molar-refractivity contribution in [3.8, 4) is 11.4 Å². The Labute approximate surface area is 202 Å². The molecule has 1 aliphatic heterocycles. The van der Waals surface area contributed by atoms with Gasteiger partial charge in [0.2, 0.25) is 5.91 Å². The molecule has 3 heterocycles. The summed E-state index contributed by atoms with van der Waals surface area (Å²) in [4.78, 5) is 30.1. The summed E-state index contributed by atoms with van der Waals surface area (Å²) in [5.41, 5.74) is 2.35. The van der Waals surface area contributed by atoms with Crippen molar-refractivity contribution in [2.24, 2.45) is 11.3 Å². The standard InChI is InChI=1S/C26H25N7O2/c34-24(23-12-14-28-32(23)21-7-3-1-4-8-21)31-17-19-11-13-26(19,18-31)25(35)27-15-20-16-29-33(30-20)22-9-5-2-6-10-22/h1-10,12,14,16,19H,11,13,15,17-18H2,(H,27,35). The van der Waals surface area contributed by atoms with Crippen molar-refractivity contribution in [3.63, 3.8) is 0 Å². The zero-order chi connectivity index (χ0) is 23.8. The molecular formula is C26H25N7O2. The number of hydrogen-bond donors (Lipinski definition) is 1. The second kappa shape index (κ2) is 8.50. The summed E-state index contributed by atoms with van der Waals surface area (Å²) in [6, 6.07) is 21.0. The predicted octanol–water partition coefficient (Wildman–Crippen LogP) is 2.62. The number of amides is 2. The molecule has 9 nitrogen and oxygen atoms in total. The van der Waals surface area contributed by atoms with E-state index < -0.39 is 5.41 Å². The van der Waals surface area contributed by atoms with E-state index in [4.69, 9.17) is 0 Å². The number of nitrogens with one attached hydrogen (secondary N) is 1. The zero-order valence-electron chi connectivity index (χ0n) is 19.1. The molecule has 2 aromatic heterocycles. The second-order valence-electron chi connectivity index (χ2n) is 9.18. The molecular weight excluding hydrogens is 442 g/mol. The van der Waals surface area contributed by atoms with E-state index in [-0.39, 0.29) is 17.7 Å². The highest BCUT2D eigenvalue weighted by molar-refractivity contribution is 5.95. The highest BCUT2D eigenvalue weighted by Gasteiger charge is 2.58. The number of rotatable bonds is 6. The quantitative estimate of drug-likeness (QED) is 0.470. The first-order valence-electron chi connectivity index (χ1n) is 11.8.